The summed E-state index contributed by atoms with van der Waals surface area (Å²) in [5.41, 5.74) is 7.09. The zero-order valence-corrected chi connectivity index (χ0v) is 14.2. The minimum absolute atomic E-state index is 0.0245. The van der Waals surface area contributed by atoms with Gasteiger partial charge >= 0.3 is 0 Å². The molecule has 0 aliphatic rings. The summed E-state index contributed by atoms with van der Waals surface area (Å²) < 4.78 is 5.08. The molecule has 3 N–H and O–H groups in total. The molecule has 1 aromatic rings. The molecule has 6 nitrogen and oxygen atoms in total. The summed E-state index contributed by atoms with van der Waals surface area (Å²) in [6, 6.07) is 7.29. The molecule has 6 heteroatoms. The third-order valence-electron chi connectivity index (χ3n) is 3.75. The quantitative estimate of drug-likeness (QED) is 0.714. The minimum atomic E-state index is -0.260. The van der Waals surface area contributed by atoms with Crippen LogP contribution in [0.3, 0.4) is 0 Å². The number of rotatable bonds is 9. The van der Waals surface area contributed by atoms with E-state index in [9.17, 15) is 9.59 Å². The molecule has 1 atom stereocenters. The van der Waals surface area contributed by atoms with E-state index < -0.39 is 0 Å². The fraction of sp³-hybridized carbons (Fsp3) is 0.529. The maximum atomic E-state index is 12.2. The highest BCUT2D eigenvalue weighted by molar-refractivity contribution is 5.94. The summed E-state index contributed by atoms with van der Waals surface area (Å²) in [6.45, 7) is 6.02. The van der Waals surface area contributed by atoms with Crippen molar-refractivity contribution in [3.63, 3.8) is 0 Å². The second-order valence-corrected chi connectivity index (χ2v) is 5.25. The predicted molar refractivity (Wildman–Crippen MR) is 90.0 cm³/mol. The van der Waals surface area contributed by atoms with Gasteiger partial charge < -0.3 is 20.7 Å². The van der Waals surface area contributed by atoms with Gasteiger partial charge in [0.2, 0.25) is 5.91 Å². The number of carbonyl (C=O) groups excluding carboxylic acids is 2. The van der Waals surface area contributed by atoms with Crippen LogP contribution in [0.5, 0.6) is 0 Å². The third-order valence-corrected chi connectivity index (χ3v) is 3.75. The Bertz CT molecular complexity index is 494. The van der Waals surface area contributed by atoms with E-state index in [0.29, 0.717) is 31.7 Å². The fourth-order valence-corrected chi connectivity index (χ4v) is 2.20. The van der Waals surface area contributed by atoms with E-state index in [1.165, 1.54) is 7.11 Å². The van der Waals surface area contributed by atoms with Crippen LogP contribution in [0.4, 0.5) is 0 Å². The number of amides is 2. The van der Waals surface area contributed by atoms with Crippen LogP contribution in [0, 0.1) is 0 Å². The average Bonchev–Trinajstić information content (AvgIpc) is 2.59. The lowest BCUT2D eigenvalue weighted by molar-refractivity contribution is -0.123. The van der Waals surface area contributed by atoms with Gasteiger partial charge in [0, 0.05) is 38.9 Å². The Balaban J connectivity index is 2.54. The Hall–Kier alpha value is -1.92. The molecule has 1 unspecified atom stereocenters. The molecule has 0 saturated heterocycles. The van der Waals surface area contributed by atoms with Crippen LogP contribution in [0.1, 0.15) is 36.2 Å². The largest absolute Gasteiger partial charge is 0.380 e. The van der Waals surface area contributed by atoms with Gasteiger partial charge in [-0.15, -0.1) is 0 Å². The third kappa shape index (κ3) is 6.00. The molecule has 0 aliphatic heterocycles. The number of nitrogens with two attached hydrogens (primary N) is 1. The number of methoxy groups -OCH3 is 1. The standard InChI is InChI=1S/C17H27N3O3/c1-4-20(5-2)17(22)14-8-6-13(7-9-14)12-19-16(21)10-15(11-18)23-3/h6-9,15H,4-5,10-12,18H2,1-3H3,(H,19,21). The molecule has 128 valence electrons. The van der Waals surface area contributed by atoms with Crippen molar-refractivity contribution in [2.45, 2.75) is 32.9 Å². The Morgan fingerprint density at radius 2 is 1.83 bits per heavy atom. The Morgan fingerprint density at radius 1 is 1.22 bits per heavy atom. The lowest BCUT2D eigenvalue weighted by Gasteiger charge is -2.18. The number of hydrogen-bond donors (Lipinski definition) is 2. The molecule has 2 amide bonds. The van der Waals surface area contributed by atoms with Crippen molar-refractivity contribution < 1.29 is 14.3 Å². The molecule has 1 rings (SSSR count). The van der Waals surface area contributed by atoms with Crippen LogP contribution in [0.2, 0.25) is 0 Å². The van der Waals surface area contributed by atoms with Crippen LogP contribution in [-0.2, 0) is 16.1 Å². The van der Waals surface area contributed by atoms with E-state index in [1.54, 1.807) is 17.0 Å². The predicted octanol–water partition coefficient (Wildman–Crippen LogP) is 1.15. The Morgan fingerprint density at radius 3 is 2.30 bits per heavy atom. The summed E-state index contributed by atoms with van der Waals surface area (Å²) in [7, 11) is 1.54. The number of nitrogens with one attached hydrogen (secondary N) is 1. The normalized spacial score (nSPS) is 11.8. The van der Waals surface area contributed by atoms with Crippen LogP contribution >= 0.6 is 0 Å². The number of nitrogens with zero attached hydrogens (tertiary/aromatic N) is 1. The van der Waals surface area contributed by atoms with E-state index in [0.717, 1.165) is 5.56 Å². The molecule has 0 fully saturated rings. The minimum Gasteiger partial charge on any atom is -0.380 e. The molecular weight excluding hydrogens is 294 g/mol. The molecule has 0 saturated carbocycles. The fourth-order valence-electron chi connectivity index (χ4n) is 2.20. The van der Waals surface area contributed by atoms with Crippen molar-refractivity contribution in [2.75, 3.05) is 26.7 Å². The summed E-state index contributed by atoms with van der Waals surface area (Å²) >= 11 is 0. The number of ether oxygens (including phenoxy) is 1. The monoisotopic (exact) mass is 321 g/mol. The highest BCUT2D eigenvalue weighted by Gasteiger charge is 2.13. The van der Waals surface area contributed by atoms with Gasteiger partial charge in [-0.2, -0.15) is 0 Å². The van der Waals surface area contributed by atoms with Crippen molar-refractivity contribution in [1.29, 1.82) is 0 Å². The van der Waals surface area contributed by atoms with E-state index in [-0.39, 0.29) is 24.3 Å². The van der Waals surface area contributed by atoms with Gasteiger partial charge in [0.1, 0.15) is 0 Å². The van der Waals surface area contributed by atoms with Crippen molar-refractivity contribution in [1.82, 2.24) is 10.2 Å². The molecule has 0 bridgehead atoms. The maximum Gasteiger partial charge on any atom is 0.253 e. The maximum absolute atomic E-state index is 12.2. The highest BCUT2D eigenvalue weighted by Crippen LogP contribution is 2.08. The highest BCUT2D eigenvalue weighted by atomic mass is 16.5. The van der Waals surface area contributed by atoms with Gasteiger partial charge in [-0.25, -0.2) is 0 Å². The van der Waals surface area contributed by atoms with Crippen LogP contribution in [-0.4, -0.2) is 49.6 Å². The zero-order chi connectivity index (χ0) is 17.2. The lowest BCUT2D eigenvalue weighted by atomic mass is 10.1. The molecule has 0 aromatic heterocycles. The molecule has 0 heterocycles. The lowest BCUT2D eigenvalue weighted by Crippen LogP contribution is -2.32. The Kier molecular flexibility index (Phi) is 8.29. The molecular formula is C17H27N3O3. The molecule has 0 aliphatic carbocycles. The SMILES string of the molecule is CCN(CC)C(=O)c1ccc(CNC(=O)CC(CN)OC)cc1. The van der Waals surface area contributed by atoms with Crippen LogP contribution < -0.4 is 11.1 Å². The summed E-state index contributed by atoms with van der Waals surface area (Å²) in [6.07, 6.45) is -0.0185. The van der Waals surface area contributed by atoms with Crippen molar-refractivity contribution in [3.05, 3.63) is 35.4 Å². The molecule has 0 radical (unpaired) electrons. The summed E-state index contributed by atoms with van der Waals surface area (Å²) in [5.74, 6) is -0.0814. The molecule has 23 heavy (non-hydrogen) atoms. The number of hydrogen-bond acceptors (Lipinski definition) is 4. The van der Waals surface area contributed by atoms with Gasteiger partial charge in [-0.3, -0.25) is 9.59 Å². The smallest absolute Gasteiger partial charge is 0.253 e. The van der Waals surface area contributed by atoms with E-state index >= 15 is 0 Å². The first-order chi connectivity index (χ1) is 11.0. The van der Waals surface area contributed by atoms with Crippen molar-refractivity contribution in [3.8, 4) is 0 Å². The first kappa shape index (κ1) is 19.1. The van der Waals surface area contributed by atoms with E-state index in [1.807, 2.05) is 26.0 Å². The van der Waals surface area contributed by atoms with Gasteiger partial charge in [0.05, 0.1) is 12.5 Å². The topological polar surface area (TPSA) is 84.7 Å². The van der Waals surface area contributed by atoms with Crippen LogP contribution in [0.25, 0.3) is 0 Å². The number of carbonyl (C=O) groups is 2. The van der Waals surface area contributed by atoms with Gasteiger partial charge in [0.25, 0.3) is 5.91 Å². The van der Waals surface area contributed by atoms with Crippen LogP contribution in [0.15, 0.2) is 24.3 Å². The zero-order valence-electron chi connectivity index (χ0n) is 14.2. The molecule has 1 aromatic carbocycles. The van der Waals surface area contributed by atoms with Gasteiger partial charge in [-0.1, -0.05) is 12.1 Å². The summed E-state index contributed by atoms with van der Waals surface area (Å²) in [5, 5.41) is 2.82. The first-order valence-electron chi connectivity index (χ1n) is 7.93. The van der Waals surface area contributed by atoms with E-state index in [4.69, 9.17) is 10.5 Å². The van der Waals surface area contributed by atoms with Crippen molar-refractivity contribution >= 4 is 11.8 Å². The Labute approximate surface area is 138 Å². The second kappa shape index (κ2) is 9.97. The number of benzene rings is 1. The first-order valence-corrected chi connectivity index (χ1v) is 7.93. The van der Waals surface area contributed by atoms with Gasteiger partial charge in [-0.05, 0) is 31.5 Å². The average molecular weight is 321 g/mol. The molecule has 0 spiro atoms. The van der Waals surface area contributed by atoms with Crippen molar-refractivity contribution in [2.24, 2.45) is 5.73 Å². The van der Waals surface area contributed by atoms with E-state index in [2.05, 4.69) is 5.32 Å². The van der Waals surface area contributed by atoms with Gasteiger partial charge in [0.15, 0.2) is 0 Å². The second-order valence-electron chi connectivity index (χ2n) is 5.25. The summed E-state index contributed by atoms with van der Waals surface area (Å²) in [4.78, 5) is 25.8.